The molecule has 4 heteroatoms. The molecule has 0 radical (unpaired) electrons. The van der Waals surface area contributed by atoms with Crippen LogP contribution < -0.4 is 5.32 Å². The van der Waals surface area contributed by atoms with Crippen molar-refractivity contribution in [1.29, 1.82) is 0 Å². The van der Waals surface area contributed by atoms with Gasteiger partial charge in [0.15, 0.2) is 0 Å². The molecule has 1 saturated carbocycles. The van der Waals surface area contributed by atoms with E-state index in [4.69, 9.17) is 0 Å². The highest BCUT2D eigenvalue weighted by Gasteiger charge is 2.38. The normalized spacial score (nSPS) is 26.3. The van der Waals surface area contributed by atoms with Gasteiger partial charge in [0.1, 0.15) is 0 Å². The van der Waals surface area contributed by atoms with Crippen LogP contribution in [0.2, 0.25) is 0 Å². The van der Waals surface area contributed by atoms with Crippen molar-refractivity contribution in [3.63, 3.8) is 0 Å². The Bertz CT molecular complexity index is 282. The first-order chi connectivity index (χ1) is 7.12. The monoisotopic (exact) mass is 210 g/mol. The molecule has 1 aliphatic carbocycles. The molecule has 1 N–H and O–H groups in total. The van der Waals surface area contributed by atoms with Crippen LogP contribution in [0.3, 0.4) is 0 Å². The first kappa shape index (κ1) is 10.5. The number of rotatable bonds is 1. The van der Waals surface area contributed by atoms with Crippen molar-refractivity contribution in [3.8, 4) is 0 Å². The van der Waals surface area contributed by atoms with Crippen molar-refractivity contribution in [2.45, 2.75) is 44.6 Å². The summed E-state index contributed by atoms with van der Waals surface area (Å²) in [5.41, 5.74) is 0.00336. The number of hydrogen-bond donors (Lipinski definition) is 1. The number of hydrogen-bond acceptors (Lipinski definition) is 2. The quantitative estimate of drug-likeness (QED) is 0.691. The van der Waals surface area contributed by atoms with Crippen LogP contribution in [0, 0.1) is 0 Å². The van der Waals surface area contributed by atoms with E-state index >= 15 is 0 Å². The molecule has 0 unspecified atom stereocenters. The third-order valence-electron chi connectivity index (χ3n) is 3.63. The Morgan fingerprint density at radius 2 is 1.93 bits per heavy atom. The Morgan fingerprint density at radius 3 is 2.60 bits per heavy atom. The van der Waals surface area contributed by atoms with Crippen LogP contribution in [0.5, 0.6) is 0 Å². The van der Waals surface area contributed by atoms with E-state index in [9.17, 15) is 9.59 Å². The maximum atomic E-state index is 11.9. The summed E-state index contributed by atoms with van der Waals surface area (Å²) in [5, 5.41) is 2.63. The average Bonchev–Trinajstić information content (AvgIpc) is 2.55. The summed E-state index contributed by atoms with van der Waals surface area (Å²) >= 11 is 0. The minimum Gasteiger partial charge on any atom is -0.347 e. The Kier molecular flexibility index (Phi) is 2.67. The largest absolute Gasteiger partial charge is 0.347 e. The van der Waals surface area contributed by atoms with Gasteiger partial charge in [-0.25, -0.2) is 0 Å². The summed E-state index contributed by atoms with van der Waals surface area (Å²) in [6, 6.07) is 0. The predicted molar refractivity (Wildman–Crippen MR) is 56.2 cm³/mol. The zero-order valence-corrected chi connectivity index (χ0v) is 9.21. The van der Waals surface area contributed by atoms with Gasteiger partial charge in [0.25, 0.3) is 0 Å². The third kappa shape index (κ3) is 1.98. The van der Waals surface area contributed by atoms with Gasteiger partial charge < -0.3 is 10.2 Å². The number of carbonyl (C=O) groups is 2. The molecule has 84 valence electrons. The maximum Gasteiger partial charge on any atom is 0.242 e. The van der Waals surface area contributed by atoms with Gasteiger partial charge in [-0.1, -0.05) is 12.8 Å². The molecule has 0 bridgehead atoms. The lowest BCUT2D eigenvalue weighted by molar-refractivity contribution is -0.135. The fourth-order valence-electron chi connectivity index (χ4n) is 2.67. The fourth-order valence-corrected chi connectivity index (χ4v) is 2.67. The summed E-state index contributed by atoms with van der Waals surface area (Å²) in [6.07, 6.45) is 4.99. The Balaban J connectivity index is 2.12. The van der Waals surface area contributed by atoms with Crippen molar-refractivity contribution < 1.29 is 9.59 Å². The molecule has 2 fully saturated rings. The molecule has 0 aromatic carbocycles. The van der Waals surface area contributed by atoms with Crippen LogP contribution in [0.4, 0.5) is 0 Å². The summed E-state index contributed by atoms with van der Waals surface area (Å²) in [4.78, 5) is 25.0. The van der Waals surface area contributed by atoms with E-state index < -0.39 is 0 Å². The molecule has 1 heterocycles. The number of nitrogens with zero attached hydrogens (tertiary/aromatic N) is 1. The molecular formula is C11H18N2O2. The van der Waals surface area contributed by atoms with Gasteiger partial charge in [-0.3, -0.25) is 9.59 Å². The average molecular weight is 210 g/mol. The molecule has 2 amide bonds. The van der Waals surface area contributed by atoms with E-state index in [0.29, 0.717) is 13.0 Å². The molecule has 4 nitrogen and oxygen atoms in total. The second-order valence-corrected chi connectivity index (χ2v) is 4.78. The standard InChI is InChI=1S/C11H18N2O2/c1-11(5-2-3-6-11)13-7-4-9(14)12-8-10(13)15/h2-8H2,1H3,(H,12,14). The summed E-state index contributed by atoms with van der Waals surface area (Å²) in [7, 11) is 0. The first-order valence-corrected chi connectivity index (χ1v) is 5.69. The summed E-state index contributed by atoms with van der Waals surface area (Å²) in [5.74, 6) is 0.0673. The lowest BCUT2D eigenvalue weighted by atomic mass is 9.97. The predicted octanol–water partition coefficient (Wildman–Crippen LogP) is 0.668. The zero-order chi connectivity index (χ0) is 10.9. The molecular weight excluding hydrogens is 192 g/mol. The van der Waals surface area contributed by atoms with Crippen LogP contribution in [0.15, 0.2) is 0 Å². The summed E-state index contributed by atoms with van der Waals surface area (Å²) < 4.78 is 0. The van der Waals surface area contributed by atoms with Gasteiger partial charge in [-0.2, -0.15) is 0 Å². The molecule has 0 aromatic rings. The van der Waals surface area contributed by atoms with Crippen molar-refractivity contribution in [1.82, 2.24) is 10.2 Å². The van der Waals surface area contributed by atoms with Gasteiger partial charge >= 0.3 is 0 Å². The SMILES string of the molecule is CC1(N2CCC(=O)NCC2=O)CCCC1. The van der Waals surface area contributed by atoms with E-state index in [2.05, 4.69) is 12.2 Å². The van der Waals surface area contributed by atoms with Gasteiger partial charge in [-0.15, -0.1) is 0 Å². The highest BCUT2D eigenvalue weighted by Crippen LogP contribution is 2.35. The minimum absolute atomic E-state index is 0.00336. The fraction of sp³-hybridized carbons (Fsp3) is 0.818. The Hall–Kier alpha value is -1.06. The number of carbonyl (C=O) groups excluding carboxylic acids is 2. The van der Waals surface area contributed by atoms with Gasteiger partial charge in [0.2, 0.25) is 11.8 Å². The minimum atomic E-state index is -0.00699. The van der Waals surface area contributed by atoms with E-state index in [1.54, 1.807) is 0 Å². The molecule has 0 spiro atoms. The Labute approximate surface area is 90.0 Å². The topological polar surface area (TPSA) is 49.4 Å². The van der Waals surface area contributed by atoms with E-state index in [1.165, 1.54) is 12.8 Å². The van der Waals surface area contributed by atoms with E-state index in [1.807, 2.05) is 4.90 Å². The lowest BCUT2D eigenvalue weighted by Gasteiger charge is -2.37. The molecule has 15 heavy (non-hydrogen) atoms. The van der Waals surface area contributed by atoms with Crippen molar-refractivity contribution in [2.75, 3.05) is 13.1 Å². The molecule has 0 aromatic heterocycles. The highest BCUT2D eigenvalue weighted by molar-refractivity contribution is 5.87. The van der Waals surface area contributed by atoms with Crippen molar-refractivity contribution in [2.24, 2.45) is 0 Å². The molecule has 0 atom stereocenters. The van der Waals surface area contributed by atoms with Crippen LogP contribution in [0.1, 0.15) is 39.0 Å². The van der Waals surface area contributed by atoms with Crippen molar-refractivity contribution in [3.05, 3.63) is 0 Å². The maximum absolute atomic E-state index is 11.9. The Morgan fingerprint density at radius 1 is 1.27 bits per heavy atom. The molecule has 1 saturated heterocycles. The van der Waals surface area contributed by atoms with E-state index in [-0.39, 0.29) is 23.9 Å². The third-order valence-corrected chi connectivity index (χ3v) is 3.63. The van der Waals surface area contributed by atoms with Crippen molar-refractivity contribution >= 4 is 11.8 Å². The zero-order valence-electron chi connectivity index (χ0n) is 9.21. The second kappa shape index (κ2) is 3.83. The molecule has 2 rings (SSSR count). The van der Waals surface area contributed by atoms with Gasteiger partial charge in [0.05, 0.1) is 6.54 Å². The van der Waals surface area contributed by atoms with Gasteiger partial charge in [0, 0.05) is 18.5 Å². The highest BCUT2D eigenvalue weighted by atomic mass is 16.2. The van der Waals surface area contributed by atoms with E-state index in [0.717, 1.165) is 12.8 Å². The van der Waals surface area contributed by atoms with Crippen LogP contribution in [0.25, 0.3) is 0 Å². The molecule has 1 aliphatic heterocycles. The summed E-state index contributed by atoms with van der Waals surface area (Å²) in [6.45, 7) is 2.91. The number of nitrogens with one attached hydrogen (secondary N) is 1. The molecule has 2 aliphatic rings. The van der Waals surface area contributed by atoms with Crippen LogP contribution in [-0.2, 0) is 9.59 Å². The van der Waals surface area contributed by atoms with Crippen LogP contribution in [-0.4, -0.2) is 35.3 Å². The van der Waals surface area contributed by atoms with Gasteiger partial charge in [-0.05, 0) is 19.8 Å². The van der Waals surface area contributed by atoms with Crippen LogP contribution >= 0.6 is 0 Å². The second-order valence-electron chi connectivity index (χ2n) is 4.78. The first-order valence-electron chi connectivity index (χ1n) is 5.69. The number of amides is 2. The lowest BCUT2D eigenvalue weighted by Crippen LogP contribution is -2.49. The smallest absolute Gasteiger partial charge is 0.242 e.